The lowest BCUT2D eigenvalue weighted by atomic mass is 9.95. The summed E-state index contributed by atoms with van der Waals surface area (Å²) in [6, 6.07) is 17.0. The predicted octanol–water partition coefficient (Wildman–Crippen LogP) is 4.58. The van der Waals surface area contributed by atoms with Gasteiger partial charge in [0.25, 0.3) is 0 Å². The van der Waals surface area contributed by atoms with Crippen LogP contribution in [0.3, 0.4) is 0 Å². The molecule has 0 fully saturated rings. The maximum absolute atomic E-state index is 11.7. The first-order chi connectivity index (χ1) is 11.9. The van der Waals surface area contributed by atoms with Crippen molar-refractivity contribution in [3.8, 4) is 0 Å². The zero-order valence-corrected chi connectivity index (χ0v) is 15.5. The second-order valence-corrected chi connectivity index (χ2v) is 7.34. The van der Waals surface area contributed by atoms with Crippen molar-refractivity contribution in [2.24, 2.45) is 5.92 Å². The Morgan fingerprint density at radius 3 is 2.32 bits per heavy atom. The molecule has 0 spiro atoms. The maximum Gasteiger partial charge on any atom is 0.321 e. The highest BCUT2D eigenvalue weighted by Crippen LogP contribution is 2.16. The molecule has 134 valence electrons. The molecule has 2 aromatic rings. The van der Waals surface area contributed by atoms with Gasteiger partial charge in [0, 0.05) is 11.1 Å². The van der Waals surface area contributed by atoms with Crippen LogP contribution < -0.4 is 5.32 Å². The molecule has 0 amide bonds. The smallest absolute Gasteiger partial charge is 0.321 e. The third-order valence-corrected chi connectivity index (χ3v) is 4.38. The van der Waals surface area contributed by atoms with E-state index >= 15 is 0 Å². The number of halogens is 1. The van der Waals surface area contributed by atoms with Gasteiger partial charge in [-0.1, -0.05) is 67.9 Å². The number of hydrogen-bond acceptors (Lipinski definition) is 2. The van der Waals surface area contributed by atoms with Crippen molar-refractivity contribution < 1.29 is 9.90 Å². The minimum atomic E-state index is -0.816. The molecule has 0 aliphatic heterocycles. The van der Waals surface area contributed by atoms with Gasteiger partial charge >= 0.3 is 5.97 Å². The summed E-state index contributed by atoms with van der Waals surface area (Å²) in [5, 5.41) is 13.7. The van der Waals surface area contributed by atoms with E-state index in [-0.39, 0.29) is 6.04 Å². The minimum Gasteiger partial charge on any atom is -0.480 e. The highest BCUT2D eigenvalue weighted by atomic mass is 35.5. The monoisotopic (exact) mass is 359 g/mol. The van der Waals surface area contributed by atoms with Gasteiger partial charge in [-0.25, -0.2) is 0 Å². The van der Waals surface area contributed by atoms with E-state index in [0.29, 0.717) is 17.4 Å². The van der Waals surface area contributed by atoms with Crippen LogP contribution in [0.5, 0.6) is 0 Å². The molecule has 2 atom stereocenters. The van der Waals surface area contributed by atoms with Gasteiger partial charge in [0.15, 0.2) is 0 Å². The fourth-order valence-electron chi connectivity index (χ4n) is 3.08. The number of benzene rings is 2. The van der Waals surface area contributed by atoms with Gasteiger partial charge in [0.1, 0.15) is 6.04 Å². The van der Waals surface area contributed by atoms with Gasteiger partial charge in [-0.05, 0) is 48.4 Å². The van der Waals surface area contributed by atoms with Crippen LogP contribution in [-0.2, 0) is 17.6 Å². The third kappa shape index (κ3) is 6.89. The first-order valence-corrected chi connectivity index (χ1v) is 9.09. The number of aliphatic carboxylic acids is 1. The molecule has 2 rings (SSSR count). The van der Waals surface area contributed by atoms with E-state index in [9.17, 15) is 9.90 Å². The van der Waals surface area contributed by atoms with Gasteiger partial charge in [-0.15, -0.1) is 0 Å². The van der Waals surface area contributed by atoms with Gasteiger partial charge in [-0.2, -0.15) is 0 Å². The molecule has 0 heterocycles. The molecule has 0 aliphatic rings. The highest BCUT2D eigenvalue weighted by Gasteiger charge is 2.23. The average molecular weight is 360 g/mol. The Labute approximate surface area is 155 Å². The zero-order valence-electron chi connectivity index (χ0n) is 14.8. The van der Waals surface area contributed by atoms with Crippen molar-refractivity contribution >= 4 is 17.6 Å². The van der Waals surface area contributed by atoms with E-state index in [1.165, 1.54) is 0 Å². The topological polar surface area (TPSA) is 49.3 Å². The Morgan fingerprint density at radius 1 is 1.04 bits per heavy atom. The molecular weight excluding hydrogens is 334 g/mol. The molecule has 0 radical (unpaired) electrons. The predicted molar refractivity (Wildman–Crippen MR) is 103 cm³/mol. The summed E-state index contributed by atoms with van der Waals surface area (Å²) in [5.41, 5.74) is 2.14. The van der Waals surface area contributed by atoms with Crippen LogP contribution in [0.15, 0.2) is 54.6 Å². The van der Waals surface area contributed by atoms with Crippen LogP contribution in [0.1, 0.15) is 31.4 Å². The molecular formula is C21H26ClNO2. The number of carbonyl (C=O) groups is 1. The Bertz CT molecular complexity index is 673. The Hall–Kier alpha value is -1.84. The van der Waals surface area contributed by atoms with E-state index < -0.39 is 12.0 Å². The lowest BCUT2D eigenvalue weighted by molar-refractivity contribution is -0.139. The van der Waals surface area contributed by atoms with Crippen molar-refractivity contribution in [2.45, 2.75) is 45.2 Å². The largest absolute Gasteiger partial charge is 0.480 e. The van der Waals surface area contributed by atoms with Crippen molar-refractivity contribution in [1.82, 2.24) is 5.32 Å². The maximum atomic E-state index is 11.7. The lowest BCUT2D eigenvalue weighted by Gasteiger charge is -2.25. The summed E-state index contributed by atoms with van der Waals surface area (Å²) in [6.07, 6.45) is 2.14. The molecule has 4 heteroatoms. The van der Waals surface area contributed by atoms with E-state index in [0.717, 1.165) is 24.0 Å². The van der Waals surface area contributed by atoms with Crippen molar-refractivity contribution in [3.63, 3.8) is 0 Å². The fraction of sp³-hybridized carbons (Fsp3) is 0.381. The first-order valence-electron chi connectivity index (χ1n) is 8.71. The number of nitrogens with one attached hydrogen (secondary N) is 1. The zero-order chi connectivity index (χ0) is 18.2. The Balaban J connectivity index is 2.10. The molecule has 0 bridgehead atoms. The second kappa shape index (κ2) is 9.59. The van der Waals surface area contributed by atoms with Crippen molar-refractivity contribution in [2.75, 3.05) is 0 Å². The van der Waals surface area contributed by atoms with Gasteiger partial charge < -0.3 is 10.4 Å². The molecule has 0 saturated heterocycles. The van der Waals surface area contributed by atoms with Gasteiger partial charge in [0.2, 0.25) is 0 Å². The van der Waals surface area contributed by atoms with Gasteiger partial charge in [0.05, 0.1) is 0 Å². The summed E-state index contributed by atoms with van der Waals surface area (Å²) in [7, 11) is 0. The first kappa shape index (κ1) is 19.5. The van der Waals surface area contributed by atoms with Gasteiger partial charge in [-0.3, -0.25) is 4.79 Å². The standard InChI is InChI=1S/C21H26ClNO2/c1-15(2)11-19(13-17-9-6-10-18(22)12-17)23-20(21(24)25)14-16-7-4-3-5-8-16/h3-10,12,15,19-20,23H,11,13-14H2,1-2H3,(H,24,25)/t19?,20-/m0/s1. The van der Waals surface area contributed by atoms with E-state index in [4.69, 9.17) is 11.6 Å². The lowest BCUT2D eigenvalue weighted by Crippen LogP contribution is -2.46. The number of carboxylic acid groups (broad SMARTS) is 1. The van der Waals surface area contributed by atoms with Crippen LogP contribution in [0.4, 0.5) is 0 Å². The third-order valence-electron chi connectivity index (χ3n) is 4.14. The summed E-state index contributed by atoms with van der Waals surface area (Å²) in [5.74, 6) is -0.341. The normalized spacial score (nSPS) is 13.6. The van der Waals surface area contributed by atoms with Crippen LogP contribution in [0.25, 0.3) is 0 Å². The Kier molecular flexibility index (Phi) is 7.48. The molecule has 3 nitrogen and oxygen atoms in total. The highest BCUT2D eigenvalue weighted by molar-refractivity contribution is 6.30. The molecule has 0 saturated carbocycles. The molecule has 0 aromatic heterocycles. The van der Waals surface area contributed by atoms with E-state index in [1.54, 1.807) is 0 Å². The summed E-state index contributed by atoms with van der Waals surface area (Å²) >= 11 is 6.08. The number of carboxylic acids is 1. The van der Waals surface area contributed by atoms with E-state index in [1.807, 2.05) is 54.6 Å². The number of hydrogen-bond donors (Lipinski definition) is 2. The van der Waals surface area contributed by atoms with Crippen molar-refractivity contribution in [3.05, 3.63) is 70.7 Å². The van der Waals surface area contributed by atoms with E-state index in [2.05, 4.69) is 19.2 Å². The molecule has 2 aromatic carbocycles. The summed E-state index contributed by atoms with van der Waals surface area (Å²) in [4.78, 5) is 11.7. The summed E-state index contributed by atoms with van der Waals surface area (Å²) in [6.45, 7) is 4.30. The van der Waals surface area contributed by atoms with Crippen LogP contribution in [0, 0.1) is 5.92 Å². The SMILES string of the molecule is CC(C)CC(Cc1cccc(Cl)c1)N[C@@H](Cc1ccccc1)C(=O)O. The number of rotatable bonds is 9. The molecule has 2 N–H and O–H groups in total. The van der Waals surface area contributed by atoms with Crippen LogP contribution in [-0.4, -0.2) is 23.2 Å². The molecule has 25 heavy (non-hydrogen) atoms. The fourth-order valence-corrected chi connectivity index (χ4v) is 3.29. The summed E-state index contributed by atoms with van der Waals surface area (Å²) < 4.78 is 0. The van der Waals surface area contributed by atoms with Crippen LogP contribution >= 0.6 is 11.6 Å². The van der Waals surface area contributed by atoms with Crippen LogP contribution in [0.2, 0.25) is 5.02 Å². The Morgan fingerprint density at radius 2 is 1.72 bits per heavy atom. The molecule has 0 aliphatic carbocycles. The second-order valence-electron chi connectivity index (χ2n) is 6.91. The molecule has 1 unspecified atom stereocenters. The van der Waals surface area contributed by atoms with Crippen molar-refractivity contribution in [1.29, 1.82) is 0 Å². The average Bonchev–Trinajstić information content (AvgIpc) is 2.54. The quantitative estimate of drug-likeness (QED) is 0.688. The minimum absolute atomic E-state index is 0.0864.